The minimum Gasteiger partial charge on any atom is -0.399 e. The Morgan fingerprint density at radius 1 is 0.488 bits per heavy atom. The van der Waals surface area contributed by atoms with E-state index in [4.69, 9.17) is 9.31 Å². The van der Waals surface area contributed by atoms with Crippen molar-refractivity contribution in [2.45, 2.75) is 38.9 Å². The van der Waals surface area contributed by atoms with Gasteiger partial charge in [-0.3, -0.25) is 0 Å². The van der Waals surface area contributed by atoms with E-state index in [0.717, 1.165) is 5.46 Å². The molecule has 1 heterocycles. The van der Waals surface area contributed by atoms with Gasteiger partial charge in [0.2, 0.25) is 0 Å². The van der Waals surface area contributed by atoms with Crippen LogP contribution in [0, 0.1) is 0 Å². The van der Waals surface area contributed by atoms with Gasteiger partial charge >= 0.3 is 7.12 Å². The molecule has 2 aliphatic rings. The summed E-state index contributed by atoms with van der Waals surface area (Å²) >= 11 is 0. The van der Waals surface area contributed by atoms with Gasteiger partial charge in [-0.1, -0.05) is 115 Å². The second-order valence-electron chi connectivity index (χ2n) is 12.3. The lowest BCUT2D eigenvalue weighted by Crippen LogP contribution is -2.41. The third kappa shape index (κ3) is 3.53. The molecule has 0 unspecified atom stereocenters. The molecule has 0 bridgehead atoms. The number of benzene rings is 6. The van der Waals surface area contributed by atoms with Crippen molar-refractivity contribution >= 4 is 34.1 Å². The van der Waals surface area contributed by atoms with E-state index >= 15 is 0 Å². The first-order valence-electron chi connectivity index (χ1n) is 14.5. The first kappa shape index (κ1) is 24.6. The van der Waals surface area contributed by atoms with Gasteiger partial charge in [0.15, 0.2) is 0 Å². The molecule has 8 rings (SSSR count). The van der Waals surface area contributed by atoms with Gasteiger partial charge < -0.3 is 9.31 Å². The molecule has 2 nitrogen and oxygen atoms in total. The van der Waals surface area contributed by atoms with E-state index in [1.807, 2.05) is 0 Å². The second kappa shape index (κ2) is 8.66. The standard InChI is InChI=1S/C38H31BO2/c1-37(2)38(3,4)41-39(40-37)27-21-22-28-31(23-27)34(26-15-9-6-10-16-26)36-30-20-12-18-24-17-11-19-29(32(24)30)35(36)33(28)25-13-7-5-8-14-25/h5-23H,1-4H3. The highest BCUT2D eigenvalue weighted by Gasteiger charge is 2.51. The predicted molar refractivity (Wildman–Crippen MR) is 172 cm³/mol. The topological polar surface area (TPSA) is 18.5 Å². The van der Waals surface area contributed by atoms with Crippen molar-refractivity contribution in [3.8, 4) is 44.5 Å². The van der Waals surface area contributed by atoms with Gasteiger partial charge in [0, 0.05) is 0 Å². The molecule has 0 spiro atoms. The summed E-state index contributed by atoms with van der Waals surface area (Å²) in [5, 5.41) is 5.06. The van der Waals surface area contributed by atoms with Crippen molar-refractivity contribution < 1.29 is 9.31 Å². The van der Waals surface area contributed by atoms with Gasteiger partial charge in [-0.15, -0.1) is 0 Å². The smallest absolute Gasteiger partial charge is 0.399 e. The second-order valence-corrected chi connectivity index (χ2v) is 12.3. The predicted octanol–water partition coefficient (Wildman–Crippen LogP) is 9.27. The molecular formula is C38H31BO2. The number of rotatable bonds is 3. The molecule has 41 heavy (non-hydrogen) atoms. The van der Waals surface area contributed by atoms with Gasteiger partial charge in [0.25, 0.3) is 0 Å². The van der Waals surface area contributed by atoms with Gasteiger partial charge in [-0.05, 0) is 99.2 Å². The zero-order valence-electron chi connectivity index (χ0n) is 23.9. The molecule has 1 aliphatic heterocycles. The molecule has 0 N–H and O–H groups in total. The van der Waals surface area contributed by atoms with Crippen LogP contribution in [0.4, 0.5) is 0 Å². The molecule has 1 fully saturated rings. The molecule has 0 radical (unpaired) electrons. The molecule has 1 saturated heterocycles. The Hall–Kier alpha value is -4.18. The van der Waals surface area contributed by atoms with Crippen LogP contribution in [0.3, 0.4) is 0 Å². The lowest BCUT2D eigenvalue weighted by atomic mass is 9.75. The van der Waals surface area contributed by atoms with E-state index in [-0.39, 0.29) is 0 Å². The molecule has 0 atom stereocenters. The van der Waals surface area contributed by atoms with E-state index in [9.17, 15) is 0 Å². The van der Waals surface area contributed by atoms with E-state index in [0.29, 0.717) is 0 Å². The van der Waals surface area contributed by atoms with E-state index < -0.39 is 18.3 Å². The van der Waals surface area contributed by atoms with Crippen LogP contribution in [0.25, 0.3) is 66.1 Å². The summed E-state index contributed by atoms with van der Waals surface area (Å²) in [6.45, 7) is 8.45. The van der Waals surface area contributed by atoms with Gasteiger partial charge in [-0.25, -0.2) is 0 Å². The summed E-state index contributed by atoms with van der Waals surface area (Å²) in [5.41, 5.74) is 10.4. The van der Waals surface area contributed by atoms with Crippen LogP contribution in [0.15, 0.2) is 115 Å². The maximum absolute atomic E-state index is 6.53. The van der Waals surface area contributed by atoms with Crippen molar-refractivity contribution in [2.24, 2.45) is 0 Å². The molecule has 0 aromatic heterocycles. The van der Waals surface area contributed by atoms with E-state index in [1.54, 1.807) is 0 Å². The first-order chi connectivity index (χ1) is 19.8. The Bertz CT molecular complexity index is 1970. The third-order valence-electron chi connectivity index (χ3n) is 9.43. The van der Waals surface area contributed by atoms with Gasteiger partial charge in [0.05, 0.1) is 11.2 Å². The van der Waals surface area contributed by atoms with Crippen LogP contribution in [0.5, 0.6) is 0 Å². The van der Waals surface area contributed by atoms with Crippen LogP contribution in [-0.4, -0.2) is 18.3 Å². The summed E-state index contributed by atoms with van der Waals surface area (Å²) in [5.74, 6) is 0. The van der Waals surface area contributed by atoms with Crippen LogP contribution in [0.2, 0.25) is 0 Å². The maximum atomic E-state index is 6.53. The third-order valence-corrected chi connectivity index (χ3v) is 9.43. The normalized spacial score (nSPS) is 16.4. The average molecular weight is 530 g/mol. The molecular weight excluding hydrogens is 499 g/mol. The lowest BCUT2D eigenvalue weighted by molar-refractivity contribution is 0.00578. The van der Waals surface area contributed by atoms with Crippen LogP contribution in [0.1, 0.15) is 27.7 Å². The summed E-state index contributed by atoms with van der Waals surface area (Å²) in [6.07, 6.45) is 0. The fourth-order valence-electron chi connectivity index (χ4n) is 6.74. The van der Waals surface area contributed by atoms with Crippen LogP contribution >= 0.6 is 0 Å². The van der Waals surface area contributed by atoms with E-state index in [2.05, 4.69) is 143 Å². The minimum absolute atomic E-state index is 0.403. The molecule has 198 valence electrons. The van der Waals surface area contributed by atoms with Gasteiger partial charge in [0.1, 0.15) is 0 Å². The summed E-state index contributed by atoms with van der Waals surface area (Å²) in [7, 11) is -0.429. The first-order valence-corrected chi connectivity index (χ1v) is 14.5. The molecule has 0 saturated carbocycles. The highest BCUT2D eigenvalue weighted by Crippen LogP contribution is 2.57. The maximum Gasteiger partial charge on any atom is 0.494 e. The molecule has 1 aliphatic carbocycles. The monoisotopic (exact) mass is 530 g/mol. The highest BCUT2D eigenvalue weighted by molar-refractivity contribution is 6.62. The zero-order valence-corrected chi connectivity index (χ0v) is 23.9. The van der Waals surface area contributed by atoms with Crippen molar-refractivity contribution in [3.63, 3.8) is 0 Å². The number of hydrogen-bond acceptors (Lipinski definition) is 2. The summed E-state index contributed by atoms with van der Waals surface area (Å²) < 4.78 is 13.1. The average Bonchev–Trinajstić information content (AvgIpc) is 3.43. The Kier molecular flexibility index (Phi) is 5.20. The van der Waals surface area contributed by atoms with Crippen LogP contribution < -0.4 is 5.46 Å². The van der Waals surface area contributed by atoms with E-state index in [1.165, 1.54) is 66.1 Å². The number of fused-ring (bicyclic) bond motifs is 4. The molecule has 3 heteroatoms. The Morgan fingerprint density at radius 3 is 1.54 bits per heavy atom. The van der Waals surface area contributed by atoms with Gasteiger partial charge in [-0.2, -0.15) is 0 Å². The quantitative estimate of drug-likeness (QED) is 0.212. The summed E-state index contributed by atoms with van der Waals surface area (Å²) in [4.78, 5) is 0. The van der Waals surface area contributed by atoms with Crippen molar-refractivity contribution in [3.05, 3.63) is 115 Å². The molecule has 6 aromatic rings. The minimum atomic E-state index is -0.429. The highest BCUT2D eigenvalue weighted by atomic mass is 16.7. The Morgan fingerprint density at radius 2 is 1.00 bits per heavy atom. The van der Waals surface area contributed by atoms with Crippen molar-refractivity contribution in [1.82, 2.24) is 0 Å². The van der Waals surface area contributed by atoms with Crippen molar-refractivity contribution in [1.29, 1.82) is 0 Å². The molecule has 6 aromatic carbocycles. The fourth-order valence-corrected chi connectivity index (χ4v) is 6.74. The number of hydrogen-bond donors (Lipinski definition) is 0. The fraction of sp³-hybridized carbons (Fsp3) is 0.158. The Labute approximate surface area is 241 Å². The lowest BCUT2D eigenvalue weighted by Gasteiger charge is -2.32. The SMILES string of the molecule is CC1(C)OB(c2ccc3c(-c4ccccc4)c4c(c(-c5ccccc5)c3c2)-c2cccc3cccc-4c23)OC1(C)C. The molecule has 0 amide bonds. The Balaban J connectivity index is 1.53. The van der Waals surface area contributed by atoms with Crippen molar-refractivity contribution in [2.75, 3.05) is 0 Å². The summed E-state index contributed by atoms with van der Waals surface area (Å²) in [6, 6.07) is 41.9. The van der Waals surface area contributed by atoms with Crippen LogP contribution in [-0.2, 0) is 9.31 Å². The zero-order chi connectivity index (χ0) is 27.9. The largest absolute Gasteiger partial charge is 0.494 e.